The lowest BCUT2D eigenvalue weighted by atomic mass is 10.1. The second-order valence-corrected chi connectivity index (χ2v) is 4.56. The van der Waals surface area contributed by atoms with Gasteiger partial charge in [0.05, 0.1) is 12.0 Å². The monoisotopic (exact) mass is 223 g/mol. The summed E-state index contributed by atoms with van der Waals surface area (Å²) in [6.07, 6.45) is 12.2. The Morgan fingerprint density at radius 2 is 1.75 bits per heavy atom. The maximum atomic E-state index is 5.88. The molecule has 2 N–H and O–H groups in total. The van der Waals surface area contributed by atoms with Gasteiger partial charge in [-0.3, -0.25) is 0 Å². The highest BCUT2D eigenvalue weighted by molar-refractivity contribution is 5.35. The molecule has 0 fully saturated rings. The number of anilines is 1. The van der Waals surface area contributed by atoms with Gasteiger partial charge in [0.2, 0.25) is 0 Å². The van der Waals surface area contributed by atoms with Crippen molar-refractivity contribution >= 4 is 5.82 Å². The highest BCUT2D eigenvalue weighted by atomic mass is 15.1. The first-order valence-electron chi connectivity index (χ1n) is 6.51. The van der Waals surface area contributed by atoms with E-state index in [1.165, 1.54) is 44.9 Å². The zero-order valence-corrected chi connectivity index (χ0v) is 10.7. The molecule has 3 nitrogen and oxygen atoms in total. The molecule has 0 bridgehead atoms. The number of nitrogens with two attached hydrogens (primary N) is 1. The summed E-state index contributed by atoms with van der Waals surface area (Å²) >= 11 is 0. The Labute approximate surface area is 99.1 Å². The van der Waals surface area contributed by atoms with E-state index in [1.54, 1.807) is 6.33 Å². The largest absolute Gasteiger partial charge is 0.384 e. The van der Waals surface area contributed by atoms with Crippen molar-refractivity contribution in [1.29, 1.82) is 0 Å². The first-order chi connectivity index (χ1) is 7.75. The molecule has 0 aliphatic heterocycles. The number of unbranched alkanes of at least 4 members (excludes halogenated alkanes) is 6. The summed E-state index contributed by atoms with van der Waals surface area (Å²) in [4.78, 5) is 4.30. The minimum absolute atomic E-state index is 0.825. The Morgan fingerprint density at radius 3 is 2.31 bits per heavy atom. The van der Waals surface area contributed by atoms with Crippen molar-refractivity contribution in [1.82, 2.24) is 9.55 Å². The molecule has 3 heteroatoms. The van der Waals surface area contributed by atoms with E-state index in [0.717, 1.165) is 17.9 Å². The Kier molecular flexibility index (Phi) is 5.98. The molecule has 0 saturated heterocycles. The molecular weight excluding hydrogens is 198 g/mol. The van der Waals surface area contributed by atoms with Gasteiger partial charge in [-0.25, -0.2) is 4.98 Å². The topological polar surface area (TPSA) is 43.8 Å². The highest BCUT2D eigenvalue weighted by Gasteiger charge is 2.03. The van der Waals surface area contributed by atoms with E-state index in [4.69, 9.17) is 5.73 Å². The Balaban J connectivity index is 2.05. The Bertz CT molecular complexity index is 291. The second kappa shape index (κ2) is 7.31. The molecular formula is C13H25N3. The molecule has 1 aromatic heterocycles. The van der Waals surface area contributed by atoms with E-state index >= 15 is 0 Å². The van der Waals surface area contributed by atoms with Crippen LogP contribution in [0.3, 0.4) is 0 Å². The minimum atomic E-state index is 0.825. The Morgan fingerprint density at radius 1 is 1.12 bits per heavy atom. The van der Waals surface area contributed by atoms with Crippen LogP contribution >= 0.6 is 0 Å². The average Bonchev–Trinajstić information content (AvgIpc) is 2.59. The van der Waals surface area contributed by atoms with Crippen LogP contribution in [0.25, 0.3) is 0 Å². The van der Waals surface area contributed by atoms with Crippen molar-refractivity contribution in [2.45, 2.75) is 58.3 Å². The normalized spacial score (nSPS) is 10.9. The standard InChI is InChI=1S/C13H25N3/c1-3-4-5-6-7-8-9-10-12-13(14)16(2)11-15-12/h11H,3-10,14H2,1-2H3. The fourth-order valence-corrected chi connectivity index (χ4v) is 1.93. The number of rotatable bonds is 8. The van der Waals surface area contributed by atoms with Gasteiger partial charge in [0.1, 0.15) is 5.82 Å². The molecule has 92 valence electrons. The molecule has 0 radical (unpaired) electrons. The molecule has 0 aliphatic carbocycles. The van der Waals surface area contributed by atoms with Crippen molar-refractivity contribution in [2.24, 2.45) is 7.05 Å². The molecule has 0 aliphatic rings. The quantitative estimate of drug-likeness (QED) is 0.687. The molecule has 0 unspecified atom stereocenters. The third-order valence-electron chi connectivity index (χ3n) is 3.08. The van der Waals surface area contributed by atoms with Gasteiger partial charge < -0.3 is 10.3 Å². The number of nitrogen functional groups attached to an aromatic ring is 1. The third kappa shape index (κ3) is 4.25. The van der Waals surface area contributed by atoms with Gasteiger partial charge in [0.25, 0.3) is 0 Å². The summed E-state index contributed by atoms with van der Waals surface area (Å²) < 4.78 is 1.89. The summed E-state index contributed by atoms with van der Waals surface area (Å²) in [6.45, 7) is 2.25. The third-order valence-corrected chi connectivity index (χ3v) is 3.08. The zero-order chi connectivity index (χ0) is 11.8. The number of hydrogen-bond donors (Lipinski definition) is 1. The van der Waals surface area contributed by atoms with E-state index in [0.29, 0.717) is 0 Å². The molecule has 16 heavy (non-hydrogen) atoms. The summed E-state index contributed by atoms with van der Waals surface area (Å²) in [5, 5.41) is 0. The van der Waals surface area contributed by atoms with E-state index < -0.39 is 0 Å². The van der Waals surface area contributed by atoms with Crippen LogP contribution in [-0.2, 0) is 13.5 Å². The van der Waals surface area contributed by atoms with Crippen LogP contribution in [0.5, 0.6) is 0 Å². The molecule has 0 atom stereocenters. The van der Waals surface area contributed by atoms with Gasteiger partial charge >= 0.3 is 0 Å². The second-order valence-electron chi connectivity index (χ2n) is 4.56. The fourth-order valence-electron chi connectivity index (χ4n) is 1.93. The highest BCUT2D eigenvalue weighted by Crippen LogP contribution is 2.13. The molecule has 1 heterocycles. The van der Waals surface area contributed by atoms with Crippen LogP contribution in [0.1, 0.15) is 57.6 Å². The van der Waals surface area contributed by atoms with E-state index in [2.05, 4.69) is 11.9 Å². The van der Waals surface area contributed by atoms with Gasteiger partial charge in [-0.1, -0.05) is 45.4 Å². The van der Waals surface area contributed by atoms with Gasteiger partial charge in [-0.2, -0.15) is 0 Å². The molecule has 0 spiro atoms. The van der Waals surface area contributed by atoms with Crippen LogP contribution in [-0.4, -0.2) is 9.55 Å². The van der Waals surface area contributed by atoms with Crippen LogP contribution in [0.2, 0.25) is 0 Å². The Hall–Kier alpha value is -0.990. The summed E-state index contributed by atoms with van der Waals surface area (Å²) in [5.74, 6) is 0.825. The SMILES string of the molecule is CCCCCCCCCc1ncn(C)c1N. The van der Waals surface area contributed by atoms with E-state index in [-0.39, 0.29) is 0 Å². The van der Waals surface area contributed by atoms with Crippen LogP contribution < -0.4 is 5.73 Å². The predicted octanol–water partition coefficient (Wildman–Crippen LogP) is 3.30. The first-order valence-corrected chi connectivity index (χ1v) is 6.51. The number of aryl methyl sites for hydroxylation is 2. The summed E-state index contributed by atoms with van der Waals surface area (Å²) in [5.41, 5.74) is 6.95. The predicted molar refractivity (Wildman–Crippen MR) is 69.3 cm³/mol. The van der Waals surface area contributed by atoms with E-state index in [1.807, 2.05) is 11.6 Å². The lowest BCUT2D eigenvalue weighted by Gasteiger charge is -2.01. The number of aromatic nitrogens is 2. The van der Waals surface area contributed by atoms with Crippen molar-refractivity contribution in [3.05, 3.63) is 12.0 Å². The number of hydrogen-bond acceptors (Lipinski definition) is 2. The molecule has 1 aromatic rings. The summed E-state index contributed by atoms with van der Waals surface area (Å²) in [6, 6.07) is 0. The van der Waals surface area contributed by atoms with Gasteiger partial charge in [0, 0.05) is 7.05 Å². The van der Waals surface area contributed by atoms with Crippen molar-refractivity contribution in [3.8, 4) is 0 Å². The lowest BCUT2D eigenvalue weighted by Crippen LogP contribution is -1.98. The van der Waals surface area contributed by atoms with Gasteiger partial charge in [0.15, 0.2) is 0 Å². The maximum Gasteiger partial charge on any atom is 0.126 e. The van der Waals surface area contributed by atoms with Crippen LogP contribution in [0, 0.1) is 0 Å². The smallest absolute Gasteiger partial charge is 0.126 e. The first kappa shape index (κ1) is 13.1. The van der Waals surface area contributed by atoms with Crippen molar-refractivity contribution in [3.63, 3.8) is 0 Å². The van der Waals surface area contributed by atoms with Gasteiger partial charge in [-0.15, -0.1) is 0 Å². The average molecular weight is 223 g/mol. The van der Waals surface area contributed by atoms with E-state index in [9.17, 15) is 0 Å². The maximum absolute atomic E-state index is 5.88. The summed E-state index contributed by atoms with van der Waals surface area (Å²) in [7, 11) is 1.94. The van der Waals surface area contributed by atoms with Crippen molar-refractivity contribution < 1.29 is 0 Å². The van der Waals surface area contributed by atoms with Crippen LogP contribution in [0.4, 0.5) is 5.82 Å². The number of nitrogens with zero attached hydrogens (tertiary/aromatic N) is 2. The fraction of sp³-hybridized carbons (Fsp3) is 0.769. The molecule has 1 rings (SSSR count). The minimum Gasteiger partial charge on any atom is -0.384 e. The molecule has 0 aromatic carbocycles. The molecule has 0 amide bonds. The molecule has 0 saturated carbocycles. The zero-order valence-electron chi connectivity index (χ0n) is 10.7. The lowest BCUT2D eigenvalue weighted by molar-refractivity contribution is 0.588. The van der Waals surface area contributed by atoms with Gasteiger partial charge in [-0.05, 0) is 12.8 Å². The van der Waals surface area contributed by atoms with Crippen molar-refractivity contribution in [2.75, 3.05) is 5.73 Å². The number of imidazole rings is 1. The van der Waals surface area contributed by atoms with Crippen LogP contribution in [0.15, 0.2) is 6.33 Å².